The Balaban J connectivity index is 1.12. The molecular formula is C31H41N7O3. The molecule has 1 saturated heterocycles. The Hall–Kier alpha value is -3.92. The maximum Gasteiger partial charge on any atom is 0.410 e. The van der Waals surface area contributed by atoms with Gasteiger partial charge in [-0.1, -0.05) is 31.2 Å². The number of hydrogen-bond donors (Lipinski definition) is 1. The SMILES string of the molecule is CCc1cnn2c(NCc3ccc(OCCN4CCN(C(=O)OC(C)(C)C)CC4)nc3)cc(C3=CCCC=C3)nc12. The van der Waals surface area contributed by atoms with E-state index in [-0.39, 0.29) is 6.09 Å². The zero-order valence-electron chi connectivity index (χ0n) is 24.6. The monoisotopic (exact) mass is 559 g/mol. The van der Waals surface area contributed by atoms with Crippen LogP contribution in [0.3, 0.4) is 0 Å². The first-order valence-electron chi connectivity index (χ1n) is 14.6. The maximum absolute atomic E-state index is 12.3. The normalized spacial score (nSPS) is 16.1. The van der Waals surface area contributed by atoms with E-state index in [1.54, 1.807) is 4.90 Å². The van der Waals surface area contributed by atoms with Crippen LogP contribution in [-0.4, -0.2) is 80.4 Å². The fourth-order valence-electron chi connectivity index (χ4n) is 4.89. The molecule has 2 aliphatic rings. The van der Waals surface area contributed by atoms with E-state index in [9.17, 15) is 4.79 Å². The lowest BCUT2D eigenvalue weighted by Crippen LogP contribution is -2.50. The molecule has 1 N–H and O–H groups in total. The predicted octanol–water partition coefficient (Wildman–Crippen LogP) is 4.96. The van der Waals surface area contributed by atoms with Gasteiger partial charge in [-0.25, -0.2) is 14.8 Å². The number of pyridine rings is 1. The number of piperazine rings is 1. The maximum atomic E-state index is 12.3. The van der Waals surface area contributed by atoms with Crippen molar-refractivity contribution in [1.29, 1.82) is 0 Å². The second-order valence-electron chi connectivity index (χ2n) is 11.4. The first kappa shape index (κ1) is 28.6. The molecule has 10 nitrogen and oxygen atoms in total. The Morgan fingerprint density at radius 1 is 1.10 bits per heavy atom. The zero-order chi connectivity index (χ0) is 28.8. The van der Waals surface area contributed by atoms with Gasteiger partial charge in [0.1, 0.15) is 18.0 Å². The summed E-state index contributed by atoms with van der Waals surface area (Å²) in [5.74, 6) is 1.50. The van der Waals surface area contributed by atoms with Crippen molar-refractivity contribution >= 4 is 23.1 Å². The molecule has 41 heavy (non-hydrogen) atoms. The largest absolute Gasteiger partial charge is 0.476 e. The van der Waals surface area contributed by atoms with Crippen LogP contribution in [0.15, 0.2) is 48.8 Å². The van der Waals surface area contributed by atoms with Gasteiger partial charge in [-0.2, -0.15) is 9.61 Å². The second-order valence-corrected chi connectivity index (χ2v) is 11.4. The standard InChI is InChI=1S/C31H41N7O3/c1-5-24-22-34-38-27(19-26(35-29(24)38)25-9-7-6-8-10-25)32-20-23-11-12-28(33-21-23)40-18-17-36-13-15-37(16-14-36)30(39)41-31(2,3)4/h7,9-12,19,21-22,32H,5-6,8,13-18,20H2,1-4H3. The molecule has 1 aliphatic heterocycles. The average Bonchev–Trinajstić information content (AvgIpc) is 3.40. The number of aromatic nitrogens is 4. The minimum atomic E-state index is -0.474. The Morgan fingerprint density at radius 2 is 1.93 bits per heavy atom. The molecule has 0 radical (unpaired) electrons. The molecule has 3 aromatic rings. The molecule has 10 heteroatoms. The van der Waals surface area contributed by atoms with E-state index in [2.05, 4.69) is 51.5 Å². The average molecular weight is 560 g/mol. The summed E-state index contributed by atoms with van der Waals surface area (Å²) in [5, 5.41) is 8.13. The third-order valence-electron chi connectivity index (χ3n) is 7.17. The highest BCUT2D eigenvalue weighted by Crippen LogP contribution is 2.25. The van der Waals surface area contributed by atoms with Crippen molar-refractivity contribution in [3.05, 3.63) is 65.6 Å². The van der Waals surface area contributed by atoms with Crippen LogP contribution in [0.25, 0.3) is 11.2 Å². The lowest BCUT2D eigenvalue weighted by Gasteiger charge is -2.35. The van der Waals surface area contributed by atoms with Gasteiger partial charge >= 0.3 is 6.09 Å². The van der Waals surface area contributed by atoms with Crippen molar-refractivity contribution in [2.24, 2.45) is 0 Å². The van der Waals surface area contributed by atoms with Gasteiger partial charge in [0, 0.05) is 63.2 Å². The van der Waals surface area contributed by atoms with Crippen LogP contribution in [0, 0.1) is 0 Å². The van der Waals surface area contributed by atoms with Gasteiger partial charge in [-0.3, -0.25) is 4.90 Å². The summed E-state index contributed by atoms with van der Waals surface area (Å²) in [6.45, 7) is 12.6. The highest BCUT2D eigenvalue weighted by molar-refractivity contribution is 5.75. The smallest absolute Gasteiger partial charge is 0.410 e. The number of carbonyl (C=O) groups is 1. The number of nitrogens with one attached hydrogen (secondary N) is 1. The van der Waals surface area contributed by atoms with Gasteiger partial charge in [-0.05, 0) is 51.2 Å². The molecule has 1 fully saturated rings. The summed E-state index contributed by atoms with van der Waals surface area (Å²) >= 11 is 0. The lowest BCUT2D eigenvalue weighted by atomic mass is 10.0. The number of hydrogen-bond acceptors (Lipinski definition) is 8. The Labute approximate surface area is 242 Å². The molecule has 4 heterocycles. The van der Waals surface area contributed by atoms with E-state index in [1.807, 2.05) is 49.8 Å². The van der Waals surface area contributed by atoms with Crippen LogP contribution >= 0.6 is 0 Å². The predicted molar refractivity (Wildman–Crippen MR) is 160 cm³/mol. The lowest BCUT2D eigenvalue weighted by molar-refractivity contribution is 0.0136. The third kappa shape index (κ3) is 7.43. The van der Waals surface area contributed by atoms with Crippen LogP contribution in [0.5, 0.6) is 5.88 Å². The van der Waals surface area contributed by atoms with E-state index in [4.69, 9.17) is 14.5 Å². The van der Waals surface area contributed by atoms with Crippen LogP contribution < -0.4 is 10.1 Å². The number of carbonyl (C=O) groups excluding carboxylic acids is 1. The molecule has 1 amide bonds. The van der Waals surface area contributed by atoms with Crippen molar-refractivity contribution < 1.29 is 14.3 Å². The molecular weight excluding hydrogens is 518 g/mol. The van der Waals surface area contributed by atoms with Gasteiger partial charge in [-0.15, -0.1) is 0 Å². The van der Waals surface area contributed by atoms with Crippen LogP contribution in [0.2, 0.25) is 0 Å². The number of anilines is 1. The summed E-state index contributed by atoms with van der Waals surface area (Å²) in [5.41, 5.74) is 4.70. The summed E-state index contributed by atoms with van der Waals surface area (Å²) in [4.78, 5) is 25.8. The van der Waals surface area contributed by atoms with E-state index < -0.39 is 5.60 Å². The first-order chi connectivity index (χ1) is 19.8. The van der Waals surface area contributed by atoms with Crippen molar-refractivity contribution in [2.75, 3.05) is 44.6 Å². The number of nitrogens with zero attached hydrogens (tertiary/aromatic N) is 6. The number of allylic oxidation sites excluding steroid dienone is 4. The molecule has 0 aromatic carbocycles. The van der Waals surface area contributed by atoms with Crippen LogP contribution in [0.4, 0.5) is 10.6 Å². The van der Waals surface area contributed by atoms with Gasteiger partial charge in [0.25, 0.3) is 0 Å². The highest BCUT2D eigenvalue weighted by atomic mass is 16.6. The summed E-state index contributed by atoms with van der Waals surface area (Å²) in [7, 11) is 0. The van der Waals surface area contributed by atoms with Crippen molar-refractivity contribution in [2.45, 2.75) is 59.1 Å². The molecule has 0 atom stereocenters. The van der Waals surface area contributed by atoms with Gasteiger partial charge in [0.2, 0.25) is 5.88 Å². The highest BCUT2D eigenvalue weighted by Gasteiger charge is 2.25. The topological polar surface area (TPSA) is 97.1 Å². The van der Waals surface area contributed by atoms with Crippen LogP contribution in [-0.2, 0) is 17.7 Å². The number of ether oxygens (including phenoxy) is 2. The molecule has 0 bridgehead atoms. The fraction of sp³-hybridized carbons (Fsp3) is 0.484. The van der Waals surface area contributed by atoms with Gasteiger partial charge < -0.3 is 19.7 Å². The van der Waals surface area contributed by atoms with Crippen molar-refractivity contribution in [3.8, 4) is 5.88 Å². The van der Waals surface area contributed by atoms with Gasteiger partial charge in [0.05, 0.1) is 11.9 Å². The number of rotatable bonds is 9. The van der Waals surface area contributed by atoms with E-state index in [0.717, 1.165) is 72.8 Å². The van der Waals surface area contributed by atoms with Crippen molar-refractivity contribution in [3.63, 3.8) is 0 Å². The Morgan fingerprint density at radius 3 is 2.61 bits per heavy atom. The zero-order valence-corrected chi connectivity index (χ0v) is 24.6. The third-order valence-corrected chi connectivity index (χ3v) is 7.17. The minimum absolute atomic E-state index is 0.241. The quantitative estimate of drug-likeness (QED) is 0.393. The molecule has 3 aromatic heterocycles. The molecule has 0 spiro atoms. The van der Waals surface area contributed by atoms with E-state index in [1.165, 1.54) is 0 Å². The molecule has 1 aliphatic carbocycles. The summed E-state index contributed by atoms with van der Waals surface area (Å²) in [6.07, 6.45) is 13.1. The summed E-state index contributed by atoms with van der Waals surface area (Å²) in [6, 6.07) is 6.01. The number of amides is 1. The number of aryl methyl sites for hydroxylation is 1. The van der Waals surface area contributed by atoms with Gasteiger partial charge in [0.15, 0.2) is 5.65 Å². The summed E-state index contributed by atoms with van der Waals surface area (Å²) < 4.78 is 13.3. The Kier molecular flexibility index (Phi) is 8.87. The Bertz CT molecular complexity index is 1400. The fourth-order valence-corrected chi connectivity index (χ4v) is 4.89. The second kappa shape index (κ2) is 12.7. The molecule has 0 unspecified atom stereocenters. The van der Waals surface area contributed by atoms with Crippen LogP contribution in [0.1, 0.15) is 57.4 Å². The minimum Gasteiger partial charge on any atom is -0.476 e. The van der Waals surface area contributed by atoms with E-state index in [0.29, 0.717) is 32.1 Å². The molecule has 0 saturated carbocycles. The van der Waals surface area contributed by atoms with E-state index >= 15 is 0 Å². The van der Waals surface area contributed by atoms with Crippen molar-refractivity contribution in [1.82, 2.24) is 29.4 Å². The number of fused-ring (bicyclic) bond motifs is 1. The first-order valence-corrected chi connectivity index (χ1v) is 14.6. The molecule has 218 valence electrons. The molecule has 5 rings (SSSR count).